The highest BCUT2D eigenvalue weighted by atomic mass is 35.5. The van der Waals surface area contributed by atoms with Crippen molar-refractivity contribution < 1.29 is 9.18 Å². The zero-order chi connectivity index (χ0) is 18.8. The highest BCUT2D eigenvalue weighted by Gasteiger charge is 2.19. The Morgan fingerprint density at radius 2 is 1.81 bits per heavy atom. The van der Waals surface area contributed by atoms with E-state index in [1.807, 2.05) is 24.3 Å². The van der Waals surface area contributed by atoms with Crippen molar-refractivity contribution in [1.82, 2.24) is 4.98 Å². The number of hydrogen-bond acceptors (Lipinski definition) is 3. The Hall–Kier alpha value is -2.66. The SMILES string of the molecule is O=C(Nc1ccc(F)cc1Cl)c1cnc(N2CCCCC2)c2ccccc12. The minimum atomic E-state index is -0.448. The van der Waals surface area contributed by atoms with Crippen molar-refractivity contribution in [3.8, 4) is 0 Å². The van der Waals surface area contributed by atoms with Crippen LogP contribution in [0.1, 0.15) is 29.6 Å². The summed E-state index contributed by atoms with van der Waals surface area (Å²) < 4.78 is 13.2. The molecular weight excluding hydrogens is 365 g/mol. The van der Waals surface area contributed by atoms with Gasteiger partial charge in [-0.25, -0.2) is 9.37 Å². The fourth-order valence-electron chi connectivity index (χ4n) is 3.50. The largest absolute Gasteiger partial charge is 0.356 e. The second kappa shape index (κ2) is 7.53. The van der Waals surface area contributed by atoms with Gasteiger partial charge in [-0.2, -0.15) is 0 Å². The minimum Gasteiger partial charge on any atom is -0.356 e. The van der Waals surface area contributed by atoms with Gasteiger partial charge in [-0.15, -0.1) is 0 Å². The van der Waals surface area contributed by atoms with Gasteiger partial charge in [0.15, 0.2) is 0 Å². The van der Waals surface area contributed by atoms with Crippen LogP contribution in [0, 0.1) is 5.82 Å². The van der Waals surface area contributed by atoms with E-state index in [0.29, 0.717) is 11.3 Å². The molecule has 1 aromatic heterocycles. The first kappa shape index (κ1) is 17.7. The molecule has 0 atom stereocenters. The highest BCUT2D eigenvalue weighted by Crippen LogP contribution is 2.30. The molecule has 4 rings (SSSR count). The maximum absolute atomic E-state index is 13.2. The topological polar surface area (TPSA) is 45.2 Å². The first-order chi connectivity index (χ1) is 13.1. The number of nitrogens with one attached hydrogen (secondary N) is 1. The van der Waals surface area contributed by atoms with Crippen LogP contribution in [0.5, 0.6) is 0 Å². The fourth-order valence-corrected chi connectivity index (χ4v) is 3.71. The zero-order valence-corrected chi connectivity index (χ0v) is 15.5. The van der Waals surface area contributed by atoms with Gasteiger partial charge >= 0.3 is 0 Å². The predicted octanol–water partition coefficient (Wildman–Crippen LogP) is 5.27. The third-order valence-electron chi connectivity index (χ3n) is 4.85. The summed E-state index contributed by atoms with van der Waals surface area (Å²) in [5, 5.41) is 4.70. The van der Waals surface area contributed by atoms with E-state index in [1.54, 1.807) is 6.20 Å². The molecule has 1 saturated heterocycles. The standard InChI is InChI=1S/C21H19ClFN3O/c22-18-12-14(23)8-9-19(18)25-21(27)17-13-24-20(26-10-4-1-5-11-26)16-7-3-2-6-15(16)17/h2-3,6-9,12-13H,1,4-5,10-11H2,(H,25,27). The molecule has 0 saturated carbocycles. The number of fused-ring (bicyclic) bond motifs is 1. The Bertz CT molecular complexity index is 1000. The molecule has 4 nitrogen and oxygen atoms in total. The number of hydrogen-bond donors (Lipinski definition) is 1. The highest BCUT2D eigenvalue weighted by molar-refractivity contribution is 6.34. The smallest absolute Gasteiger partial charge is 0.257 e. The van der Waals surface area contributed by atoms with Crippen LogP contribution >= 0.6 is 11.6 Å². The first-order valence-corrected chi connectivity index (χ1v) is 9.40. The number of amides is 1. The average Bonchev–Trinajstić information content (AvgIpc) is 2.70. The molecular formula is C21H19ClFN3O. The Balaban J connectivity index is 1.70. The molecule has 6 heteroatoms. The van der Waals surface area contributed by atoms with Gasteiger partial charge in [-0.1, -0.05) is 35.9 Å². The van der Waals surface area contributed by atoms with E-state index in [-0.39, 0.29) is 10.9 Å². The molecule has 2 heterocycles. The number of rotatable bonds is 3. The molecule has 1 amide bonds. The van der Waals surface area contributed by atoms with Gasteiger partial charge in [0.1, 0.15) is 11.6 Å². The van der Waals surface area contributed by atoms with Crippen LogP contribution in [-0.2, 0) is 0 Å². The number of anilines is 2. The van der Waals surface area contributed by atoms with Crippen molar-refractivity contribution >= 4 is 39.8 Å². The number of aromatic nitrogens is 1. The molecule has 0 radical (unpaired) electrons. The second-order valence-electron chi connectivity index (χ2n) is 6.67. The van der Waals surface area contributed by atoms with Crippen molar-refractivity contribution in [1.29, 1.82) is 0 Å². The monoisotopic (exact) mass is 383 g/mol. The lowest BCUT2D eigenvalue weighted by atomic mass is 10.0. The number of benzene rings is 2. The lowest BCUT2D eigenvalue weighted by Gasteiger charge is -2.29. The molecule has 0 bridgehead atoms. The van der Waals surface area contributed by atoms with E-state index in [4.69, 9.17) is 11.6 Å². The van der Waals surface area contributed by atoms with Crippen LogP contribution in [-0.4, -0.2) is 24.0 Å². The van der Waals surface area contributed by atoms with Gasteiger partial charge in [-0.3, -0.25) is 4.79 Å². The summed E-state index contributed by atoms with van der Waals surface area (Å²) in [4.78, 5) is 19.7. The number of pyridine rings is 1. The van der Waals surface area contributed by atoms with Crippen LogP contribution in [0.3, 0.4) is 0 Å². The van der Waals surface area contributed by atoms with Crippen LogP contribution < -0.4 is 10.2 Å². The summed E-state index contributed by atoms with van der Waals surface area (Å²) in [6.07, 6.45) is 5.16. The molecule has 1 aliphatic heterocycles. The van der Waals surface area contributed by atoms with Crippen LogP contribution in [0.25, 0.3) is 10.8 Å². The molecule has 138 valence electrons. The maximum atomic E-state index is 13.2. The fraction of sp³-hybridized carbons (Fsp3) is 0.238. The third kappa shape index (κ3) is 3.60. The van der Waals surface area contributed by atoms with Gasteiger partial charge in [0.25, 0.3) is 5.91 Å². The Kier molecular flexibility index (Phi) is 4.94. The van der Waals surface area contributed by atoms with Gasteiger partial charge in [0.05, 0.1) is 16.3 Å². The van der Waals surface area contributed by atoms with Crippen molar-refractivity contribution in [2.75, 3.05) is 23.3 Å². The van der Waals surface area contributed by atoms with E-state index in [0.717, 1.165) is 42.5 Å². The summed E-state index contributed by atoms with van der Waals surface area (Å²) in [7, 11) is 0. The van der Waals surface area contributed by atoms with E-state index in [9.17, 15) is 9.18 Å². The maximum Gasteiger partial charge on any atom is 0.257 e. The van der Waals surface area contributed by atoms with Gasteiger partial charge in [-0.05, 0) is 42.8 Å². The van der Waals surface area contributed by atoms with Crippen LogP contribution in [0.2, 0.25) is 5.02 Å². The molecule has 1 N–H and O–H groups in total. The second-order valence-corrected chi connectivity index (χ2v) is 7.07. The van der Waals surface area contributed by atoms with Crippen molar-refractivity contribution in [3.05, 3.63) is 65.1 Å². The Morgan fingerprint density at radius 1 is 1.07 bits per heavy atom. The van der Waals surface area contributed by atoms with Crippen molar-refractivity contribution in [2.45, 2.75) is 19.3 Å². The lowest BCUT2D eigenvalue weighted by Crippen LogP contribution is -2.30. The number of nitrogens with zero attached hydrogens (tertiary/aromatic N) is 2. The summed E-state index contributed by atoms with van der Waals surface area (Å²) in [5.74, 6) is 0.148. The van der Waals surface area contributed by atoms with E-state index in [1.165, 1.54) is 24.6 Å². The number of carbonyl (C=O) groups is 1. The van der Waals surface area contributed by atoms with Crippen molar-refractivity contribution in [3.63, 3.8) is 0 Å². The van der Waals surface area contributed by atoms with E-state index in [2.05, 4.69) is 15.2 Å². The van der Waals surface area contributed by atoms with E-state index < -0.39 is 5.82 Å². The summed E-state index contributed by atoms with van der Waals surface area (Å²) in [5.41, 5.74) is 0.832. The van der Waals surface area contributed by atoms with Gasteiger partial charge < -0.3 is 10.2 Å². The average molecular weight is 384 g/mol. The number of halogens is 2. The Labute approximate surface area is 162 Å². The lowest BCUT2D eigenvalue weighted by molar-refractivity contribution is 0.102. The molecule has 0 spiro atoms. The van der Waals surface area contributed by atoms with Gasteiger partial charge in [0.2, 0.25) is 0 Å². The normalized spacial score (nSPS) is 14.4. The zero-order valence-electron chi connectivity index (χ0n) is 14.7. The quantitative estimate of drug-likeness (QED) is 0.670. The molecule has 1 fully saturated rings. The third-order valence-corrected chi connectivity index (χ3v) is 5.17. The molecule has 0 aliphatic carbocycles. The molecule has 0 unspecified atom stereocenters. The van der Waals surface area contributed by atoms with Crippen molar-refractivity contribution in [2.24, 2.45) is 0 Å². The molecule has 3 aromatic rings. The van der Waals surface area contributed by atoms with Crippen LogP contribution in [0.15, 0.2) is 48.7 Å². The predicted molar refractivity (Wildman–Crippen MR) is 107 cm³/mol. The first-order valence-electron chi connectivity index (χ1n) is 9.02. The summed E-state index contributed by atoms with van der Waals surface area (Å²) in [6, 6.07) is 11.7. The van der Waals surface area contributed by atoms with Gasteiger partial charge in [0, 0.05) is 24.7 Å². The van der Waals surface area contributed by atoms with E-state index >= 15 is 0 Å². The molecule has 1 aliphatic rings. The summed E-state index contributed by atoms with van der Waals surface area (Å²) >= 11 is 6.03. The molecule has 2 aromatic carbocycles. The number of piperidine rings is 1. The summed E-state index contributed by atoms with van der Waals surface area (Å²) in [6.45, 7) is 1.96. The molecule has 27 heavy (non-hydrogen) atoms. The number of carbonyl (C=O) groups excluding carboxylic acids is 1. The Morgan fingerprint density at radius 3 is 2.56 bits per heavy atom. The van der Waals surface area contributed by atoms with Crippen LogP contribution in [0.4, 0.5) is 15.9 Å². The minimum absolute atomic E-state index is 0.158.